The molecule has 1 aliphatic heterocycles. The number of thiophene rings is 1. The Morgan fingerprint density at radius 1 is 1.06 bits per heavy atom. The molecule has 0 bridgehead atoms. The van der Waals surface area contributed by atoms with Crippen LogP contribution in [0, 0.1) is 0 Å². The van der Waals surface area contributed by atoms with E-state index in [1.165, 1.54) is 0 Å². The van der Waals surface area contributed by atoms with Gasteiger partial charge in [-0.2, -0.15) is 0 Å². The maximum Gasteiger partial charge on any atom is 0.352 e. The molecule has 2 aromatic heterocycles. The van der Waals surface area contributed by atoms with Gasteiger partial charge in [-0.1, -0.05) is 18.2 Å². The van der Waals surface area contributed by atoms with Crippen LogP contribution in [0.1, 0.15) is 26.3 Å². The monoisotopic (exact) mass is 457 g/mol. The van der Waals surface area contributed by atoms with Gasteiger partial charge in [0.25, 0.3) is 11.8 Å². The minimum Gasteiger partial charge on any atom is -0.484 e. The van der Waals surface area contributed by atoms with Crippen LogP contribution in [-0.2, 0) is 9.53 Å². The van der Waals surface area contributed by atoms with E-state index in [-0.39, 0.29) is 47.7 Å². The lowest BCUT2D eigenvalue weighted by Crippen LogP contribution is -2.43. The van der Waals surface area contributed by atoms with Gasteiger partial charge in [-0.3, -0.25) is 25.4 Å². The summed E-state index contributed by atoms with van der Waals surface area (Å²) in [5.41, 5.74) is 5.20. The number of ether oxygens (including phenoxy) is 4. The van der Waals surface area contributed by atoms with Crippen LogP contribution in [0.2, 0.25) is 0 Å². The van der Waals surface area contributed by atoms with Crippen LogP contribution in [0.5, 0.6) is 17.2 Å². The van der Waals surface area contributed by atoms with Gasteiger partial charge in [0.2, 0.25) is 0 Å². The van der Waals surface area contributed by atoms with Crippen molar-refractivity contribution in [1.29, 1.82) is 0 Å². The van der Waals surface area contributed by atoms with Gasteiger partial charge in [-0.15, -0.1) is 11.3 Å². The van der Waals surface area contributed by atoms with Crippen molar-refractivity contribution in [2.75, 3.05) is 26.4 Å². The van der Waals surface area contributed by atoms with Gasteiger partial charge >= 0.3 is 5.97 Å². The normalized spacial score (nSPS) is 12.2. The summed E-state index contributed by atoms with van der Waals surface area (Å²) in [5, 5.41) is 0.876. The molecule has 0 aliphatic carbocycles. The molecule has 2 amide bonds. The predicted molar refractivity (Wildman–Crippen MR) is 114 cm³/mol. The summed E-state index contributed by atoms with van der Waals surface area (Å²) in [4.78, 5) is 41.4. The van der Waals surface area contributed by atoms with E-state index in [1.807, 2.05) is 12.1 Å². The first-order valence-electron chi connectivity index (χ1n) is 9.73. The van der Waals surface area contributed by atoms with E-state index >= 15 is 0 Å². The van der Waals surface area contributed by atoms with Gasteiger partial charge in [0.05, 0.1) is 6.61 Å². The number of benzene rings is 1. The third-order valence-electron chi connectivity index (χ3n) is 4.34. The summed E-state index contributed by atoms with van der Waals surface area (Å²) >= 11 is 0.867. The van der Waals surface area contributed by atoms with E-state index in [9.17, 15) is 14.4 Å². The number of hydrogen-bond acceptors (Lipinski definition) is 9. The zero-order valence-electron chi connectivity index (χ0n) is 17.0. The van der Waals surface area contributed by atoms with Gasteiger partial charge in [0.1, 0.15) is 29.4 Å². The van der Waals surface area contributed by atoms with Crippen molar-refractivity contribution in [1.82, 2.24) is 15.8 Å². The number of fused-ring (bicyclic) bond motifs is 2. The summed E-state index contributed by atoms with van der Waals surface area (Å²) < 4.78 is 21.5. The number of carbonyl (C=O) groups excluding carboxylic acids is 3. The number of hydrazine groups is 1. The lowest BCUT2D eigenvalue weighted by Gasteiger charge is -2.16. The van der Waals surface area contributed by atoms with E-state index in [0.29, 0.717) is 11.3 Å². The van der Waals surface area contributed by atoms with Crippen LogP contribution >= 0.6 is 11.3 Å². The van der Waals surface area contributed by atoms with Crippen LogP contribution < -0.4 is 25.1 Å². The minimum atomic E-state index is -0.660. The van der Waals surface area contributed by atoms with E-state index in [0.717, 1.165) is 16.7 Å². The van der Waals surface area contributed by atoms with Gasteiger partial charge in [0.15, 0.2) is 23.0 Å². The molecular formula is C21H19N3O7S. The lowest BCUT2D eigenvalue weighted by molar-refractivity contribution is -0.123. The molecule has 4 rings (SSSR count). The van der Waals surface area contributed by atoms with Gasteiger partial charge in [0, 0.05) is 11.6 Å². The van der Waals surface area contributed by atoms with Crippen LogP contribution in [-0.4, -0.2) is 49.2 Å². The fraction of sp³-hybridized carbons (Fsp3) is 0.238. The van der Waals surface area contributed by atoms with Crippen molar-refractivity contribution >= 4 is 40.0 Å². The van der Waals surface area contributed by atoms with Crippen molar-refractivity contribution < 1.29 is 33.3 Å². The molecule has 10 nitrogen and oxygen atoms in total. The SMILES string of the molecule is CCOC(=O)c1sc(C(=O)NNC(=O)COc2cccc3cccnc23)c2c1OCCO2. The van der Waals surface area contributed by atoms with Crippen LogP contribution in [0.3, 0.4) is 0 Å². The zero-order chi connectivity index (χ0) is 22.5. The molecule has 0 spiro atoms. The molecule has 0 atom stereocenters. The molecule has 166 valence electrons. The number of para-hydroxylation sites is 1. The number of amides is 2. The first-order chi connectivity index (χ1) is 15.6. The number of carbonyl (C=O) groups is 3. The molecule has 0 unspecified atom stereocenters. The average molecular weight is 457 g/mol. The molecule has 3 aromatic rings. The van der Waals surface area contributed by atoms with E-state index in [4.69, 9.17) is 18.9 Å². The number of aromatic nitrogens is 1. The predicted octanol–water partition coefficient (Wildman–Crippen LogP) is 2.08. The van der Waals surface area contributed by atoms with Gasteiger partial charge < -0.3 is 18.9 Å². The molecule has 32 heavy (non-hydrogen) atoms. The van der Waals surface area contributed by atoms with E-state index < -0.39 is 17.8 Å². The summed E-state index contributed by atoms with van der Waals surface area (Å²) in [5.74, 6) is -1.09. The van der Waals surface area contributed by atoms with Crippen molar-refractivity contribution in [3.63, 3.8) is 0 Å². The van der Waals surface area contributed by atoms with Crippen molar-refractivity contribution in [2.24, 2.45) is 0 Å². The Balaban J connectivity index is 1.39. The Morgan fingerprint density at radius 2 is 1.81 bits per heavy atom. The number of rotatable bonds is 6. The quantitative estimate of drug-likeness (QED) is 0.426. The zero-order valence-corrected chi connectivity index (χ0v) is 17.8. The van der Waals surface area contributed by atoms with Crippen LogP contribution in [0.4, 0.5) is 0 Å². The lowest BCUT2D eigenvalue weighted by atomic mass is 10.2. The molecular weight excluding hydrogens is 438 g/mol. The molecule has 0 fully saturated rings. The van der Waals surface area contributed by atoms with Crippen molar-refractivity contribution in [3.8, 4) is 17.2 Å². The maximum atomic E-state index is 12.6. The maximum absolute atomic E-state index is 12.6. The number of pyridine rings is 1. The smallest absolute Gasteiger partial charge is 0.352 e. The second kappa shape index (κ2) is 9.52. The molecule has 0 saturated heterocycles. The van der Waals surface area contributed by atoms with E-state index in [2.05, 4.69) is 15.8 Å². The topological polar surface area (TPSA) is 125 Å². The Hall–Kier alpha value is -3.86. The summed E-state index contributed by atoms with van der Waals surface area (Å²) in [7, 11) is 0. The Morgan fingerprint density at radius 3 is 2.59 bits per heavy atom. The molecule has 11 heteroatoms. The number of hydrogen-bond donors (Lipinski definition) is 2. The first kappa shape index (κ1) is 21.4. The fourth-order valence-electron chi connectivity index (χ4n) is 2.99. The fourth-order valence-corrected chi connectivity index (χ4v) is 3.97. The molecule has 1 aromatic carbocycles. The molecule has 3 heterocycles. The Bertz CT molecular complexity index is 1170. The third-order valence-corrected chi connectivity index (χ3v) is 5.47. The van der Waals surface area contributed by atoms with Crippen LogP contribution in [0.25, 0.3) is 10.9 Å². The largest absolute Gasteiger partial charge is 0.484 e. The van der Waals surface area contributed by atoms with E-state index in [1.54, 1.807) is 31.3 Å². The minimum absolute atomic E-state index is 0.0854. The Labute approximate surface area is 186 Å². The number of nitrogens with one attached hydrogen (secondary N) is 2. The highest BCUT2D eigenvalue weighted by molar-refractivity contribution is 7.16. The second-order valence-electron chi connectivity index (χ2n) is 6.46. The van der Waals surface area contributed by atoms with Gasteiger partial charge in [-0.25, -0.2) is 4.79 Å². The third kappa shape index (κ3) is 4.42. The summed E-state index contributed by atoms with van der Waals surface area (Å²) in [6, 6.07) is 9.07. The van der Waals surface area contributed by atoms with Crippen molar-refractivity contribution in [3.05, 3.63) is 46.3 Å². The number of esters is 1. The molecule has 2 N–H and O–H groups in total. The second-order valence-corrected chi connectivity index (χ2v) is 7.48. The van der Waals surface area contributed by atoms with Gasteiger partial charge in [-0.05, 0) is 19.1 Å². The number of nitrogens with zero attached hydrogens (tertiary/aromatic N) is 1. The van der Waals surface area contributed by atoms with Crippen molar-refractivity contribution in [2.45, 2.75) is 6.92 Å². The summed E-state index contributed by atoms with van der Waals surface area (Å²) in [6.45, 7) is 1.98. The molecule has 0 saturated carbocycles. The highest BCUT2D eigenvalue weighted by Gasteiger charge is 2.32. The highest BCUT2D eigenvalue weighted by atomic mass is 32.1. The molecule has 1 aliphatic rings. The first-order valence-corrected chi connectivity index (χ1v) is 10.6. The molecule has 0 radical (unpaired) electrons. The summed E-state index contributed by atoms with van der Waals surface area (Å²) in [6.07, 6.45) is 1.63. The van der Waals surface area contributed by atoms with Crippen LogP contribution in [0.15, 0.2) is 36.5 Å². The average Bonchev–Trinajstić information content (AvgIpc) is 3.21. The Kier molecular flexibility index (Phi) is 6.36. The highest BCUT2D eigenvalue weighted by Crippen LogP contribution is 2.44. The standard InChI is InChI=1S/C21H19N3O7S/c1-2-28-21(27)19-17-16(29-9-10-30-17)18(32-19)20(26)24-23-14(25)11-31-13-7-3-5-12-6-4-8-22-15(12)13/h3-8H,2,9-11H2,1H3,(H,23,25)(H,24,26).